The minimum absolute atomic E-state index is 0.00454. The minimum Gasteiger partial charge on any atom is -0.368 e. The predicted molar refractivity (Wildman–Crippen MR) is 45.8 cm³/mol. The van der Waals surface area contributed by atoms with E-state index >= 15 is 0 Å². The average molecular weight is 171 g/mol. The molecule has 1 saturated heterocycles. The molecule has 3 nitrogen and oxygen atoms in total. The van der Waals surface area contributed by atoms with Crippen LogP contribution in [0.4, 0.5) is 0 Å². The summed E-state index contributed by atoms with van der Waals surface area (Å²) in [4.78, 5) is 0. The Kier molecular flexibility index (Phi) is 2.10. The van der Waals surface area contributed by atoms with E-state index in [1.807, 2.05) is 6.92 Å². The van der Waals surface area contributed by atoms with Crippen LogP contribution in [-0.4, -0.2) is 29.6 Å². The molecule has 1 aliphatic carbocycles. The lowest BCUT2D eigenvalue weighted by molar-refractivity contribution is -0.216. The smallest absolute Gasteiger partial charge is 0.155 e. The Morgan fingerprint density at radius 2 is 2.50 bits per heavy atom. The minimum atomic E-state index is -0.562. The van der Waals surface area contributed by atoms with Gasteiger partial charge in [-0.1, -0.05) is 6.92 Å². The van der Waals surface area contributed by atoms with Gasteiger partial charge in [-0.2, -0.15) is 0 Å². The van der Waals surface area contributed by atoms with Crippen LogP contribution in [0.25, 0.3) is 0 Å². The number of nitrogens with one attached hydrogen (secondary N) is 1. The third-order valence-electron chi connectivity index (χ3n) is 3.15. The van der Waals surface area contributed by atoms with Gasteiger partial charge < -0.3 is 15.2 Å². The Hall–Kier alpha value is -0.120. The highest BCUT2D eigenvalue weighted by atomic mass is 16.6. The van der Waals surface area contributed by atoms with Gasteiger partial charge in [0.05, 0.1) is 5.60 Å². The Morgan fingerprint density at radius 3 is 3.00 bits per heavy atom. The van der Waals surface area contributed by atoms with Gasteiger partial charge in [0.2, 0.25) is 0 Å². The summed E-state index contributed by atoms with van der Waals surface area (Å²) >= 11 is 0. The molecule has 2 fully saturated rings. The summed E-state index contributed by atoms with van der Waals surface area (Å²) in [5.74, 6) is 0. The molecule has 0 aromatic rings. The van der Waals surface area contributed by atoms with Crippen molar-refractivity contribution in [3.8, 4) is 0 Å². The number of aliphatic hydroxyl groups excluding tert-OH is 1. The van der Waals surface area contributed by atoms with Crippen LogP contribution < -0.4 is 5.32 Å². The Balaban J connectivity index is 1.93. The summed E-state index contributed by atoms with van der Waals surface area (Å²) in [5.41, 5.74) is -0.00454. The van der Waals surface area contributed by atoms with Gasteiger partial charge in [-0.15, -0.1) is 0 Å². The maximum absolute atomic E-state index is 9.39. The first-order valence-electron chi connectivity index (χ1n) is 4.86. The molecule has 2 aliphatic rings. The molecule has 2 N–H and O–H groups in total. The molecule has 0 bridgehead atoms. The van der Waals surface area contributed by atoms with Crippen LogP contribution in [0.1, 0.15) is 32.6 Å². The number of ether oxygens (including phenoxy) is 1. The van der Waals surface area contributed by atoms with E-state index in [2.05, 4.69) is 5.32 Å². The number of hydrogen-bond donors (Lipinski definition) is 2. The average Bonchev–Trinajstić information content (AvgIpc) is 2.31. The van der Waals surface area contributed by atoms with Gasteiger partial charge in [0.15, 0.2) is 6.29 Å². The van der Waals surface area contributed by atoms with Crippen LogP contribution in [-0.2, 0) is 4.74 Å². The van der Waals surface area contributed by atoms with Crippen molar-refractivity contribution in [3.05, 3.63) is 0 Å². The van der Waals surface area contributed by atoms with E-state index < -0.39 is 6.29 Å². The quantitative estimate of drug-likeness (QED) is 0.612. The summed E-state index contributed by atoms with van der Waals surface area (Å²) in [6.45, 7) is 2.98. The Bertz CT molecular complexity index is 174. The van der Waals surface area contributed by atoms with Crippen LogP contribution in [0.15, 0.2) is 0 Å². The van der Waals surface area contributed by atoms with Crippen LogP contribution in [0.2, 0.25) is 0 Å². The lowest BCUT2D eigenvalue weighted by Crippen LogP contribution is -2.55. The van der Waals surface area contributed by atoms with Crippen molar-refractivity contribution in [3.63, 3.8) is 0 Å². The van der Waals surface area contributed by atoms with Gasteiger partial charge in [0.25, 0.3) is 0 Å². The third kappa shape index (κ3) is 1.16. The predicted octanol–water partition coefficient (Wildman–Crippen LogP) is 0.626. The molecule has 0 amide bonds. The van der Waals surface area contributed by atoms with Gasteiger partial charge >= 0.3 is 0 Å². The van der Waals surface area contributed by atoms with E-state index in [1.165, 1.54) is 6.42 Å². The molecule has 0 spiro atoms. The molecular formula is C9H17NO2. The van der Waals surface area contributed by atoms with E-state index in [-0.39, 0.29) is 5.60 Å². The molecule has 1 saturated carbocycles. The van der Waals surface area contributed by atoms with Gasteiger partial charge in [-0.25, -0.2) is 0 Å². The van der Waals surface area contributed by atoms with Crippen molar-refractivity contribution >= 4 is 0 Å². The van der Waals surface area contributed by atoms with Crippen molar-refractivity contribution in [1.29, 1.82) is 0 Å². The topological polar surface area (TPSA) is 41.5 Å². The second-order valence-electron chi connectivity index (χ2n) is 3.84. The first kappa shape index (κ1) is 8.48. The summed E-state index contributed by atoms with van der Waals surface area (Å²) in [6, 6.07) is 0.513. The molecule has 1 heterocycles. The first-order valence-corrected chi connectivity index (χ1v) is 4.86. The maximum atomic E-state index is 9.39. The zero-order chi connectivity index (χ0) is 8.60. The molecule has 1 aliphatic heterocycles. The molecule has 3 unspecified atom stereocenters. The summed E-state index contributed by atoms with van der Waals surface area (Å²) in [6.07, 6.45) is 3.51. The highest BCUT2D eigenvalue weighted by molar-refractivity contribution is 5.07. The standard InChI is InChI=1S/C9H17NO2/c1-2-8(11)12-9-4-3-7(9)10-6-5-9/h7-8,10-11H,2-6H2,1H3. The van der Waals surface area contributed by atoms with Gasteiger partial charge in [0, 0.05) is 6.04 Å². The van der Waals surface area contributed by atoms with E-state index in [9.17, 15) is 5.11 Å². The van der Waals surface area contributed by atoms with Crippen molar-refractivity contribution in [2.75, 3.05) is 6.54 Å². The molecule has 0 aromatic heterocycles. The monoisotopic (exact) mass is 171 g/mol. The molecule has 0 radical (unpaired) electrons. The van der Waals surface area contributed by atoms with Crippen molar-refractivity contribution < 1.29 is 9.84 Å². The Morgan fingerprint density at radius 1 is 1.67 bits per heavy atom. The van der Waals surface area contributed by atoms with Crippen molar-refractivity contribution in [2.24, 2.45) is 0 Å². The number of rotatable bonds is 3. The van der Waals surface area contributed by atoms with Crippen LogP contribution in [0, 0.1) is 0 Å². The van der Waals surface area contributed by atoms with Crippen molar-refractivity contribution in [1.82, 2.24) is 5.32 Å². The lowest BCUT2D eigenvalue weighted by Gasteiger charge is -2.45. The van der Waals surface area contributed by atoms with Crippen molar-refractivity contribution in [2.45, 2.75) is 50.5 Å². The first-order chi connectivity index (χ1) is 5.77. The molecule has 70 valence electrons. The van der Waals surface area contributed by atoms with E-state index in [1.54, 1.807) is 0 Å². The molecular weight excluding hydrogens is 154 g/mol. The third-order valence-corrected chi connectivity index (χ3v) is 3.15. The zero-order valence-electron chi connectivity index (χ0n) is 7.55. The SMILES string of the molecule is CCC(O)OC12CCNC1CC2. The van der Waals surface area contributed by atoms with Crippen LogP contribution >= 0.6 is 0 Å². The van der Waals surface area contributed by atoms with Gasteiger partial charge in [-0.3, -0.25) is 0 Å². The fourth-order valence-corrected chi connectivity index (χ4v) is 2.21. The van der Waals surface area contributed by atoms with Crippen LogP contribution in [0.5, 0.6) is 0 Å². The second-order valence-corrected chi connectivity index (χ2v) is 3.84. The maximum Gasteiger partial charge on any atom is 0.155 e. The fourth-order valence-electron chi connectivity index (χ4n) is 2.21. The van der Waals surface area contributed by atoms with E-state index in [4.69, 9.17) is 4.74 Å². The lowest BCUT2D eigenvalue weighted by atomic mass is 9.75. The summed E-state index contributed by atoms with van der Waals surface area (Å²) in [5, 5.41) is 12.8. The summed E-state index contributed by atoms with van der Waals surface area (Å²) < 4.78 is 5.64. The number of aliphatic hydroxyl groups is 1. The fraction of sp³-hybridized carbons (Fsp3) is 1.00. The zero-order valence-corrected chi connectivity index (χ0v) is 7.55. The largest absolute Gasteiger partial charge is 0.368 e. The van der Waals surface area contributed by atoms with E-state index in [0.717, 1.165) is 19.4 Å². The second kappa shape index (κ2) is 2.98. The van der Waals surface area contributed by atoms with Crippen LogP contribution in [0.3, 0.4) is 0 Å². The molecule has 2 rings (SSSR count). The van der Waals surface area contributed by atoms with E-state index in [0.29, 0.717) is 12.5 Å². The van der Waals surface area contributed by atoms with Gasteiger partial charge in [-0.05, 0) is 32.2 Å². The van der Waals surface area contributed by atoms with Gasteiger partial charge in [0.1, 0.15) is 0 Å². The molecule has 3 heteroatoms. The number of fused-ring (bicyclic) bond motifs is 1. The summed E-state index contributed by atoms with van der Waals surface area (Å²) in [7, 11) is 0. The normalized spacial score (nSPS) is 42.0. The number of hydrogen-bond acceptors (Lipinski definition) is 3. The Labute approximate surface area is 73.1 Å². The molecule has 0 aromatic carbocycles. The molecule has 3 atom stereocenters. The molecule has 12 heavy (non-hydrogen) atoms. The highest BCUT2D eigenvalue weighted by Crippen LogP contribution is 2.43. The highest BCUT2D eigenvalue weighted by Gasteiger charge is 2.51.